The number of nitrogen functional groups attached to an aromatic ring is 2. The molecule has 0 spiro atoms. The lowest BCUT2D eigenvalue weighted by molar-refractivity contribution is 0.628. The molecule has 1 aromatic carbocycles. The van der Waals surface area contributed by atoms with Gasteiger partial charge in [-0.05, 0) is 24.3 Å². The standard InChI is InChI=1S/C13H11FN6S2/c14-8-3-1-7(2-4-8)10-17-9(5-21-10)6-22-13-19-11(15)18-12(16)20-13/h1-5H,6H2,(H4,15,16,18,19,20). The van der Waals surface area contributed by atoms with Crippen molar-refractivity contribution in [2.45, 2.75) is 10.9 Å². The van der Waals surface area contributed by atoms with E-state index in [1.54, 1.807) is 12.1 Å². The van der Waals surface area contributed by atoms with Crippen LogP contribution < -0.4 is 11.5 Å². The van der Waals surface area contributed by atoms with E-state index in [0.717, 1.165) is 16.3 Å². The smallest absolute Gasteiger partial charge is 0.225 e. The molecule has 0 amide bonds. The van der Waals surface area contributed by atoms with Crippen molar-refractivity contribution in [2.75, 3.05) is 11.5 Å². The summed E-state index contributed by atoms with van der Waals surface area (Å²) in [6, 6.07) is 6.25. The first-order valence-electron chi connectivity index (χ1n) is 6.20. The molecule has 2 heterocycles. The first kappa shape index (κ1) is 14.7. The lowest BCUT2D eigenvalue weighted by Crippen LogP contribution is -2.03. The van der Waals surface area contributed by atoms with Gasteiger partial charge >= 0.3 is 0 Å². The van der Waals surface area contributed by atoms with E-state index in [9.17, 15) is 4.39 Å². The van der Waals surface area contributed by atoms with Gasteiger partial charge in [0.2, 0.25) is 11.9 Å². The second-order valence-electron chi connectivity index (χ2n) is 4.27. The van der Waals surface area contributed by atoms with Crippen LogP contribution in [0, 0.1) is 5.82 Å². The Kier molecular flexibility index (Phi) is 4.16. The van der Waals surface area contributed by atoms with Crippen LogP contribution in [0.15, 0.2) is 34.8 Å². The first-order chi connectivity index (χ1) is 10.6. The van der Waals surface area contributed by atoms with Crippen LogP contribution in [0.1, 0.15) is 5.69 Å². The molecule has 0 saturated carbocycles. The normalized spacial score (nSPS) is 10.8. The van der Waals surface area contributed by atoms with E-state index in [4.69, 9.17) is 11.5 Å². The molecule has 0 bridgehead atoms. The van der Waals surface area contributed by atoms with Gasteiger partial charge in [0.15, 0.2) is 5.16 Å². The minimum atomic E-state index is -0.263. The number of benzene rings is 1. The number of aromatic nitrogens is 4. The van der Waals surface area contributed by atoms with Gasteiger partial charge in [-0.3, -0.25) is 0 Å². The highest BCUT2D eigenvalue weighted by Gasteiger charge is 2.08. The lowest BCUT2D eigenvalue weighted by atomic mass is 10.2. The van der Waals surface area contributed by atoms with Gasteiger partial charge < -0.3 is 11.5 Å². The molecule has 0 unspecified atom stereocenters. The third kappa shape index (κ3) is 3.49. The monoisotopic (exact) mass is 334 g/mol. The Balaban J connectivity index is 1.70. The van der Waals surface area contributed by atoms with Crippen LogP contribution in [0.25, 0.3) is 10.6 Å². The maximum Gasteiger partial charge on any atom is 0.225 e. The van der Waals surface area contributed by atoms with Crippen LogP contribution in [0.5, 0.6) is 0 Å². The predicted molar refractivity (Wildman–Crippen MR) is 85.7 cm³/mol. The van der Waals surface area contributed by atoms with E-state index in [1.807, 2.05) is 5.38 Å². The zero-order valence-corrected chi connectivity index (χ0v) is 12.9. The largest absolute Gasteiger partial charge is 0.368 e. The van der Waals surface area contributed by atoms with Crippen molar-refractivity contribution in [3.8, 4) is 10.6 Å². The third-order valence-electron chi connectivity index (χ3n) is 2.64. The van der Waals surface area contributed by atoms with Crippen LogP contribution in [0.4, 0.5) is 16.3 Å². The van der Waals surface area contributed by atoms with Crippen molar-refractivity contribution in [2.24, 2.45) is 0 Å². The molecule has 3 rings (SSSR count). The van der Waals surface area contributed by atoms with Gasteiger partial charge in [0, 0.05) is 16.7 Å². The number of thioether (sulfide) groups is 1. The van der Waals surface area contributed by atoms with Gasteiger partial charge in [-0.2, -0.15) is 15.0 Å². The molecule has 2 aromatic heterocycles. The number of nitrogens with two attached hydrogens (primary N) is 2. The van der Waals surface area contributed by atoms with Crippen molar-refractivity contribution in [1.82, 2.24) is 19.9 Å². The predicted octanol–water partition coefficient (Wildman–Crippen LogP) is 2.59. The summed E-state index contributed by atoms with van der Waals surface area (Å²) in [4.78, 5) is 16.2. The quantitative estimate of drug-likeness (QED) is 0.707. The molecule has 0 fully saturated rings. The van der Waals surface area contributed by atoms with Crippen LogP contribution in [0.2, 0.25) is 0 Å². The second-order valence-corrected chi connectivity index (χ2v) is 6.07. The number of thiazole rings is 1. The number of anilines is 2. The van der Waals surface area contributed by atoms with Crippen molar-refractivity contribution < 1.29 is 4.39 Å². The summed E-state index contributed by atoms with van der Waals surface area (Å²) in [7, 11) is 0. The zero-order valence-electron chi connectivity index (χ0n) is 11.2. The molecule has 4 N–H and O–H groups in total. The Morgan fingerprint density at radius 3 is 2.36 bits per heavy atom. The average Bonchev–Trinajstić information content (AvgIpc) is 2.94. The maximum absolute atomic E-state index is 12.9. The highest BCUT2D eigenvalue weighted by Crippen LogP contribution is 2.27. The number of hydrogen-bond donors (Lipinski definition) is 2. The van der Waals surface area contributed by atoms with E-state index in [-0.39, 0.29) is 17.7 Å². The molecule has 0 aliphatic rings. The summed E-state index contributed by atoms with van der Waals surface area (Å²) in [5, 5.41) is 3.24. The first-order valence-corrected chi connectivity index (χ1v) is 8.07. The van der Waals surface area contributed by atoms with Gasteiger partial charge in [0.1, 0.15) is 10.8 Å². The number of halogens is 1. The van der Waals surface area contributed by atoms with Crippen molar-refractivity contribution in [1.29, 1.82) is 0 Å². The van der Waals surface area contributed by atoms with Crippen molar-refractivity contribution >= 4 is 35.0 Å². The molecule has 3 aromatic rings. The van der Waals surface area contributed by atoms with Crippen LogP contribution in [-0.4, -0.2) is 19.9 Å². The van der Waals surface area contributed by atoms with E-state index in [1.165, 1.54) is 35.2 Å². The summed E-state index contributed by atoms with van der Waals surface area (Å²) in [6.07, 6.45) is 0. The molecular formula is C13H11FN6S2. The second kappa shape index (κ2) is 6.24. The van der Waals surface area contributed by atoms with Gasteiger partial charge in [0.05, 0.1) is 5.69 Å². The molecule has 6 nitrogen and oxygen atoms in total. The van der Waals surface area contributed by atoms with Crippen molar-refractivity contribution in [3.63, 3.8) is 0 Å². The highest BCUT2D eigenvalue weighted by molar-refractivity contribution is 7.98. The molecule has 9 heteroatoms. The third-order valence-corrected chi connectivity index (χ3v) is 4.46. The van der Waals surface area contributed by atoms with E-state index in [0.29, 0.717) is 10.9 Å². The highest BCUT2D eigenvalue weighted by atomic mass is 32.2. The summed E-state index contributed by atoms with van der Waals surface area (Å²) < 4.78 is 12.9. The Labute approximate surface area is 133 Å². The Morgan fingerprint density at radius 2 is 1.68 bits per heavy atom. The average molecular weight is 334 g/mol. The topological polar surface area (TPSA) is 104 Å². The molecule has 0 radical (unpaired) electrons. The molecule has 0 aliphatic carbocycles. The Hall–Kier alpha value is -2.26. The van der Waals surface area contributed by atoms with Gasteiger partial charge in [0.25, 0.3) is 0 Å². The maximum atomic E-state index is 12.9. The summed E-state index contributed by atoms with van der Waals surface area (Å²) >= 11 is 2.88. The lowest BCUT2D eigenvalue weighted by Gasteiger charge is -2.00. The van der Waals surface area contributed by atoms with Crippen LogP contribution in [0.3, 0.4) is 0 Å². The molecule has 0 atom stereocenters. The van der Waals surface area contributed by atoms with Gasteiger partial charge in [-0.25, -0.2) is 9.37 Å². The van der Waals surface area contributed by atoms with Crippen molar-refractivity contribution in [3.05, 3.63) is 41.2 Å². The Morgan fingerprint density at radius 1 is 1.00 bits per heavy atom. The van der Waals surface area contributed by atoms with E-state index < -0.39 is 0 Å². The SMILES string of the molecule is Nc1nc(N)nc(SCc2csc(-c3ccc(F)cc3)n2)n1. The molecule has 22 heavy (non-hydrogen) atoms. The van der Waals surface area contributed by atoms with Gasteiger partial charge in [-0.15, -0.1) is 11.3 Å². The summed E-state index contributed by atoms with van der Waals surface area (Å²) in [5.41, 5.74) is 12.8. The van der Waals surface area contributed by atoms with Crippen LogP contribution in [-0.2, 0) is 5.75 Å². The fourth-order valence-electron chi connectivity index (χ4n) is 1.69. The minimum Gasteiger partial charge on any atom is -0.368 e. The Bertz CT molecular complexity index is 769. The fraction of sp³-hybridized carbons (Fsp3) is 0.0769. The summed E-state index contributed by atoms with van der Waals surface area (Å²) in [5.74, 6) is 0.516. The molecule has 0 aliphatic heterocycles. The van der Waals surface area contributed by atoms with E-state index in [2.05, 4.69) is 19.9 Å². The van der Waals surface area contributed by atoms with Gasteiger partial charge in [-0.1, -0.05) is 11.8 Å². The molecular weight excluding hydrogens is 323 g/mol. The van der Waals surface area contributed by atoms with E-state index >= 15 is 0 Å². The fourth-order valence-corrected chi connectivity index (χ4v) is 3.36. The summed E-state index contributed by atoms with van der Waals surface area (Å²) in [6.45, 7) is 0. The van der Waals surface area contributed by atoms with Crippen LogP contribution >= 0.6 is 23.1 Å². The molecule has 0 saturated heterocycles. The minimum absolute atomic E-state index is 0.0975. The number of hydrogen-bond acceptors (Lipinski definition) is 8. The molecule has 112 valence electrons. The number of rotatable bonds is 4. The zero-order chi connectivity index (χ0) is 15.5. The number of nitrogens with zero attached hydrogens (tertiary/aromatic N) is 4.